The van der Waals surface area contributed by atoms with E-state index in [2.05, 4.69) is 23.1 Å². The number of hydrogen-bond acceptors (Lipinski definition) is 3. The third-order valence-electron chi connectivity index (χ3n) is 7.47. The quantitative estimate of drug-likeness (QED) is 0.822. The summed E-state index contributed by atoms with van der Waals surface area (Å²) in [5.41, 5.74) is 2.20. The summed E-state index contributed by atoms with van der Waals surface area (Å²) in [6, 6.07) is 7.24. The molecule has 2 fully saturated rings. The second-order valence-electron chi connectivity index (χ2n) is 9.21. The summed E-state index contributed by atoms with van der Waals surface area (Å²) < 4.78 is 15.4. The van der Waals surface area contributed by atoms with E-state index >= 15 is 4.39 Å². The number of benzene rings is 1. The molecule has 0 radical (unpaired) electrons. The second-order valence-corrected chi connectivity index (χ2v) is 9.21. The Kier molecular flexibility index (Phi) is 6.26. The summed E-state index contributed by atoms with van der Waals surface area (Å²) >= 11 is 0. The van der Waals surface area contributed by atoms with Crippen LogP contribution in [0.15, 0.2) is 18.2 Å². The highest BCUT2D eigenvalue weighted by Gasteiger charge is 2.41. The van der Waals surface area contributed by atoms with Crippen molar-refractivity contribution < 1.29 is 14.3 Å². The Balaban J connectivity index is 1.36. The van der Waals surface area contributed by atoms with Crippen molar-refractivity contribution in [3.05, 3.63) is 34.9 Å². The molecule has 1 amide bonds. The molecule has 1 saturated carbocycles. The lowest BCUT2D eigenvalue weighted by Gasteiger charge is -2.39. The highest BCUT2D eigenvalue weighted by Crippen LogP contribution is 2.33. The molecule has 1 N–H and O–H groups in total. The fourth-order valence-corrected chi connectivity index (χ4v) is 5.13. The van der Waals surface area contributed by atoms with Gasteiger partial charge in [0.2, 0.25) is 5.91 Å². The molecule has 1 aromatic carbocycles. The van der Waals surface area contributed by atoms with Gasteiger partial charge < -0.3 is 10.0 Å². The molecule has 1 unspecified atom stereocenters. The van der Waals surface area contributed by atoms with Crippen LogP contribution in [0.2, 0.25) is 0 Å². The lowest BCUT2D eigenvalue weighted by Crippen LogP contribution is -2.50. The van der Waals surface area contributed by atoms with Crippen LogP contribution in [0.25, 0.3) is 0 Å². The van der Waals surface area contributed by atoms with Gasteiger partial charge in [-0.3, -0.25) is 9.69 Å². The van der Waals surface area contributed by atoms with E-state index in [0.29, 0.717) is 25.9 Å². The van der Waals surface area contributed by atoms with E-state index in [-0.39, 0.29) is 18.7 Å². The Morgan fingerprint density at radius 1 is 1.17 bits per heavy atom. The van der Waals surface area contributed by atoms with Crippen LogP contribution in [0.3, 0.4) is 0 Å². The van der Waals surface area contributed by atoms with Crippen LogP contribution < -0.4 is 0 Å². The van der Waals surface area contributed by atoms with Crippen molar-refractivity contribution in [2.24, 2.45) is 0 Å². The maximum atomic E-state index is 15.4. The molecular formula is C24H35FN2O2. The Labute approximate surface area is 174 Å². The summed E-state index contributed by atoms with van der Waals surface area (Å²) in [4.78, 5) is 16.2. The first-order chi connectivity index (χ1) is 14.0. The van der Waals surface area contributed by atoms with Crippen molar-refractivity contribution in [2.45, 2.75) is 82.5 Å². The van der Waals surface area contributed by atoms with Gasteiger partial charge in [-0.1, -0.05) is 31.5 Å². The number of likely N-dealkylation sites (tertiary alicyclic amines) is 1. The van der Waals surface area contributed by atoms with E-state index in [0.717, 1.165) is 37.5 Å². The zero-order valence-electron chi connectivity index (χ0n) is 17.7. The van der Waals surface area contributed by atoms with Gasteiger partial charge >= 0.3 is 0 Å². The van der Waals surface area contributed by atoms with Crippen LogP contribution in [0, 0.1) is 0 Å². The largest absolute Gasteiger partial charge is 0.389 e. The number of alkyl halides is 1. The number of hydrogen-bond donors (Lipinski definition) is 1. The number of fused-ring (bicyclic) bond motifs is 1. The molecule has 1 atom stereocenters. The van der Waals surface area contributed by atoms with Crippen LogP contribution in [0.4, 0.5) is 4.39 Å². The SMILES string of the molecule is CCC(=O)N1CCC(F)(C(O)Cc2ccc3c(c2)CCN(C2CCC2)CC3)CC1. The fraction of sp³-hybridized carbons (Fsp3) is 0.708. The van der Waals surface area contributed by atoms with Gasteiger partial charge in [-0.2, -0.15) is 0 Å². The maximum absolute atomic E-state index is 15.4. The van der Waals surface area contributed by atoms with Gasteiger partial charge in [-0.25, -0.2) is 4.39 Å². The van der Waals surface area contributed by atoms with Gasteiger partial charge in [0.15, 0.2) is 0 Å². The second kappa shape index (κ2) is 8.73. The van der Waals surface area contributed by atoms with Crippen molar-refractivity contribution in [2.75, 3.05) is 26.2 Å². The summed E-state index contributed by atoms with van der Waals surface area (Å²) in [6.07, 6.45) is 6.41. The molecule has 4 nitrogen and oxygen atoms in total. The number of carbonyl (C=O) groups excluding carboxylic acids is 1. The lowest BCUT2D eigenvalue weighted by atomic mass is 9.84. The standard InChI is InChI=1S/C24H35FN2O2/c1-2-23(29)27-14-10-24(25,11-15-27)22(28)17-18-6-7-19-8-12-26(21-4-3-5-21)13-9-20(19)16-18/h6-7,16,21-22,28H,2-5,8-15,17H2,1H3. The summed E-state index contributed by atoms with van der Waals surface area (Å²) in [5.74, 6) is 0.0724. The number of rotatable bonds is 5. The number of aliphatic hydroxyl groups is 1. The van der Waals surface area contributed by atoms with Gasteiger partial charge in [-0.05, 0) is 42.4 Å². The predicted octanol–water partition coefficient (Wildman–Crippen LogP) is 3.28. The lowest BCUT2D eigenvalue weighted by molar-refractivity contribution is -0.135. The molecule has 160 valence electrons. The molecule has 0 aromatic heterocycles. The Hall–Kier alpha value is -1.46. The van der Waals surface area contributed by atoms with E-state index in [9.17, 15) is 9.90 Å². The summed E-state index contributed by atoms with van der Waals surface area (Å²) in [6.45, 7) is 4.89. The van der Waals surface area contributed by atoms with Gasteiger partial charge in [0.25, 0.3) is 0 Å². The number of piperidine rings is 1. The minimum Gasteiger partial charge on any atom is -0.389 e. The first kappa shape index (κ1) is 20.8. The molecular weight excluding hydrogens is 367 g/mol. The smallest absolute Gasteiger partial charge is 0.222 e. The zero-order valence-corrected chi connectivity index (χ0v) is 17.7. The molecule has 5 heteroatoms. The molecule has 2 heterocycles. The van der Waals surface area contributed by atoms with Crippen LogP contribution in [-0.4, -0.2) is 64.8 Å². The normalized spacial score (nSPS) is 23.8. The Morgan fingerprint density at radius 3 is 2.48 bits per heavy atom. The van der Waals surface area contributed by atoms with Crippen molar-refractivity contribution in [1.82, 2.24) is 9.80 Å². The van der Waals surface area contributed by atoms with Crippen LogP contribution in [0.5, 0.6) is 0 Å². The average Bonchev–Trinajstić information content (AvgIpc) is 2.89. The number of carbonyl (C=O) groups is 1. The molecule has 1 saturated heterocycles. The van der Waals surface area contributed by atoms with Gasteiger partial charge in [0.05, 0.1) is 6.10 Å². The highest BCUT2D eigenvalue weighted by molar-refractivity contribution is 5.75. The zero-order chi connectivity index (χ0) is 20.4. The molecule has 29 heavy (non-hydrogen) atoms. The minimum absolute atomic E-state index is 0.0724. The minimum atomic E-state index is -1.60. The van der Waals surface area contributed by atoms with Crippen molar-refractivity contribution >= 4 is 5.91 Å². The number of amides is 1. The van der Waals surface area contributed by atoms with E-state index in [1.165, 1.54) is 30.4 Å². The van der Waals surface area contributed by atoms with Gasteiger partial charge in [0, 0.05) is 57.9 Å². The summed E-state index contributed by atoms with van der Waals surface area (Å²) in [5, 5.41) is 10.7. The molecule has 1 aromatic rings. The van der Waals surface area contributed by atoms with E-state index < -0.39 is 11.8 Å². The monoisotopic (exact) mass is 402 g/mol. The third-order valence-corrected chi connectivity index (χ3v) is 7.47. The highest BCUT2D eigenvalue weighted by atomic mass is 19.1. The molecule has 0 spiro atoms. The molecule has 1 aliphatic carbocycles. The van der Waals surface area contributed by atoms with Crippen LogP contribution in [0.1, 0.15) is 62.1 Å². The summed E-state index contributed by atoms with van der Waals surface area (Å²) in [7, 11) is 0. The average molecular weight is 403 g/mol. The third kappa shape index (κ3) is 4.51. The Bertz CT molecular complexity index is 726. The van der Waals surface area contributed by atoms with Crippen LogP contribution in [-0.2, 0) is 24.1 Å². The van der Waals surface area contributed by atoms with Crippen molar-refractivity contribution in [3.63, 3.8) is 0 Å². The van der Waals surface area contributed by atoms with E-state index in [1.54, 1.807) is 4.90 Å². The number of nitrogens with zero attached hydrogens (tertiary/aromatic N) is 2. The maximum Gasteiger partial charge on any atom is 0.222 e. The topological polar surface area (TPSA) is 43.8 Å². The van der Waals surface area contributed by atoms with Crippen molar-refractivity contribution in [1.29, 1.82) is 0 Å². The first-order valence-electron chi connectivity index (χ1n) is 11.5. The number of aliphatic hydroxyl groups excluding tert-OH is 1. The first-order valence-corrected chi connectivity index (χ1v) is 11.5. The molecule has 0 bridgehead atoms. The molecule has 4 rings (SSSR count). The molecule has 2 aliphatic heterocycles. The fourth-order valence-electron chi connectivity index (χ4n) is 5.13. The molecule has 3 aliphatic rings. The van der Waals surface area contributed by atoms with E-state index in [1.807, 2.05) is 6.92 Å². The Morgan fingerprint density at radius 2 is 1.86 bits per heavy atom. The van der Waals surface area contributed by atoms with E-state index in [4.69, 9.17) is 0 Å². The number of halogens is 1. The van der Waals surface area contributed by atoms with Crippen molar-refractivity contribution in [3.8, 4) is 0 Å². The van der Waals surface area contributed by atoms with Gasteiger partial charge in [0.1, 0.15) is 5.67 Å². The predicted molar refractivity (Wildman–Crippen MR) is 113 cm³/mol. The van der Waals surface area contributed by atoms with Gasteiger partial charge in [-0.15, -0.1) is 0 Å². The van der Waals surface area contributed by atoms with Crippen LogP contribution >= 0.6 is 0 Å².